The number of rotatable bonds is 11. The van der Waals surface area contributed by atoms with E-state index < -0.39 is 0 Å². The highest BCUT2D eigenvalue weighted by Crippen LogP contribution is 2.68. The largest absolute Gasteiger partial charge is 0.464 e. The molecule has 37 heavy (non-hydrogen) atoms. The van der Waals surface area contributed by atoms with E-state index in [4.69, 9.17) is 20.9 Å². The number of benzene rings is 1. The Bertz CT molecular complexity index is 950. The van der Waals surface area contributed by atoms with Gasteiger partial charge in [-0.2, -0.15) is 0 Å². The summed E-state index contributed by atoms with van der Waals surface area (Å²) in [6.45, 7) is 11.6. The quantitative estimate of drug-likeness (QED) is 0.243. The summed E-state index contributed by atoms with van der Waals surface area (Å²) in [5.41, 5.74) is 15.3. The highest BCUT2D eigenvalue weighted by Gasteiger charge is 2.64. The van der Waals surface area contributed by atoms with Crippen LogP contribution in [0.5, 0.6) is 5.75 Å². The van der Waals surface area contributed by atoms with Crippen LogP contribution >= 0.6 is 0 Å². The third-order valence-corrected chi connectivity index (χ3v) is 9.92. The van der Waals surface area contributed by atoms with Gasteiger partial charge in [0.15, 0.2) is 0 Å². The van der Waals surface area contributed by atoms with Gasteiger partial charge in [-0.3, -0.25) is 0 Å². The van der Waals surface area contributed by atoms with Gasteiger partial charge in [0.25, 0.3) is 0 Å². The lowest BCUT2D eigenvalue weighted by molar-refractivity contribution is -0.202. The van der Waals surface area contributed by atoms with Gasteiger partial charge >= 0.3 is 0 Å². The molecule has 0 aromatic heterocycles. The smallest absolute Gasteiger partial charge is 0.209 e. The molecular weight excluding hydrogens is 456 g/mol. The molecule has 6 atom stereocenters. The molecule has 0 spiro atoms. The van der Waals surface area contributed by atoms with Gasteiger partial charge in [0.05, 0.1) is 12.0 Å². The number of hydrogen-bond donors (Lipinski definition) is 2. The van der Waals surface area contributed by atoms with Crippen LogP contribution in [0, 0.1) is 29.1 Å². The minimum atomic E-state index is -0.354. The Morgan fingerprint density at radius 3 is 2.35 bits per heavy atom. The molecule has 3 fully saturated rings. The lowest BCUT2D eigenvalue weighted by Crippen LogP contribution is -2.61. The molecule has 0 heterocycles. The summed E-state index contributed by atoms with van der Waals surface area (Å²) in [5.74, 6) is 4.13. The highest BCUT2D eigenvalue weighted by atomic mass is 16.7. The van der Waals surface area contributed by atoms with Gasteiger partial charge in [0.2, 0.25) is 6.29 Å². The fourth-order valence-corrected chi connectivity index (χ4v) is 8.24. The maximum absolute atomic E-state index is 6.78. The van der Waals surface area contributed by atoms with Gasteiger partial charge in [0.1, 0.15) is 5.75 Å². The van der Waals surface area contributed by atoms with Gasteiger partial charge in [-0.25, -0.2) is 0 Å². The molecule has 4 nitrogen and oxygen atoms in total. The summed E-state index contributed by atoms with van der Waals surface area (Å²) in [6.07, 6.45) is 15.1. The Morgan fingerprint density at radius 2 is 1.73 bits per heavy atom. The summed E-state index contributed by atoms with van der Waals surface area (Å²) in [6, 6.07) is 8.63. The van der Waals surface area contributed by atoms with Gasteiger partial charge in [-0.1, -0.05) is 62.8 Å². The third-order valence-electron chi connectivity index (χ3n) is 9.92. The Hall–Kier alpha value is -1.36. The van der Waals surface area contributed by atoms with Crippen molar-refractivity contribution in [3.8, 4) is 5.75 Å². The summed E-state index contributed by atoms with van der Waals surface area (Å²) >= 11 is 0. The van der Waals surface area contributed by atoms with Gasteiger partial charge < -0.3 is 20.9 Å². The van der Waals surface area contributed by atoms with E-state index in [0.717, 1.165) is 43.0 Å². The standard InChI is InChI=1S/C33H52N2O2/c1-22-17-25-18-26-20-33(19-22,29(25)26)30(36-16-15-23-9-7-6-8-10-23)37-27-13-11-24(12-14-27)28(32(4,5)35)21-31(2,3)34/h11-14,20,22-23,25,28-30H,6-10,15-19,21,34-35H2,1-5H3. The van der Waals surface area contributed by atoms with Crippen molar-refractivity contribution >= 4 is 0 Å². The van der Waals surface area contributed by atoms with E-state index in [2.05, 4.69) is 65.0 Å². The predicted octanol–water partition coefficient (Wildman–Crippen LogP) is 7.32. The van der Waals surface area contributed by atoms with Crippen LogP contribution in [0.4, 0.5) is 0 Å². The van der Waals surface area contributed by atoms with Crippen LogP contribution in [-0.2, 0) is 4.74 Å². The van der Waals surface area contributed by atoms with Crippen LogP contribution in [0.3, 0.4) is 0 Å². The average Bonchev–Trinajstić information content (AvgIpc) is 2.79. The highest BCUT2D eigenvalue weighted by molar-refractivity contribution is 5.40. The molecule has 0 amide bonds. The molecule has 4 aliphatic carbocycles. The second-order valence-corrected chi connectivity index (χ2v) is 14.6. The molecule has 1 aromatic rings. The van der Waals surface area contributed by atoms with Crippen LogP contribution in [0.1, 0.15) is 110 Å². The topological polar surface area (TPSA) is 70.5 Å². The number of nitrogens with two attached hydrogens (primary N) is 2. The zero-order chi connectivity index (χ0) is 26.4. The van der Waals surface area contributed by atoms with Crippen molar-refractivity contribution < 1.29 is 9.47 Å². The molecule has 0 bridgehead atoms. The molecule has 5 rings (SSSR count). The second-order valence-electron chi connectivity index (χ2n) is 14.6. The van der Waals surface area contributed by atoms with E-state index in [0.29, 0.717) is 5.92 Å². The molecule has 1 aromatic carbocycles. The maximum atomic E-state index is 6.78. The normalized spacial score (nSPS) is 31.4. The number of hydrogen-bond acceptors (Lipinski definition) is 4. The van der Waals surface area contributed by atoms with E-state index in [9.17, 15) is 0 Å². The van der Waals surface area contributed by atoms with Crippen LogP contribution in [-0.4, -0.2) is 24.0 Å². The zero-order valence-corrected chi connectivity index (χ0v) is 24.1. The first kappa shape index (κ1) is 27.2. The van der Waals surface area contributed by atoms with Crippen molar-refractivity contribution in [2.24, 2.45) is 40.6 Å². The molecule has 0 radical (unpaired) electrons. The molecule has 206 valence electrons. The minimum absolute atomic E-state index is 0.0481. The van der Waals surface area contributed by atoms with Crippen LogP contribution in [0.15, 0.2) is 35.9 Å². The van der Waals surface area contributed by atoms with Crippen molar-refractivity contribution in [2.75, 3.05) is 6.61 Å². The van der Waals surface area contributed by atoms with E-state index >= 15 is 0 Å². The monoisotopic (exact) mass is 508 g/mol. The van der Waals surface area contributed by atoms with Crippen LogP contribution in [0.25, 0.3) is 0 Å². The third kappa shape index (κ3) is 5.82. The fourth-order valence-electron chi connectivity index (χ4n) is 8.24. The molecule has 3 saturated carbocycles. The Kier molecular flexibility index (Phi) is 7.59. The van der Waals surface area contributed by atoms with E-state index in [1.165, 1.54) is 56.9 Å². The van der Waals surface area contributed by atoms with Crippen molar-refractivity contribution in [3.63, 3.8) is 0 Å². The zero-order valence-electron chi connectivity index (χ0n) is 24.1. The van der Waals surface area contributed by atoms with E-state index in [1.54, 1.807) is 5.57 Å². The van der Waals surface area contributed by atoms with Crippen molar-refractivity contribution in [2.45, 2.75) is 122 Å². The maximum Gasteiger partial charge on any atom is 0.209 e. The Balaban J connectivity index is 1.32. The first-order chi connectivity index (χ1) is 17.4. The van der Waals surface area contributed by atoms with Crippen LogP contribution in [0.2, 0.25) is 0 Å². The predicted molar refractivity (Wildman–Crippen MR) is 152 cm³/mol. The first-order valence-electron chi connectivity index (χ1n) is 15.1. The molecular formula is C33H52N2O2. The summed E-state index contributed by atoms with van der Waals surface area (Å²) in [4.78, 5) is 0. The molecule has 0 saturated heterocycles. The summed E-state index contributed by atoms with van der Waals surface area (Å²) in [5, 5.41) is 0. The second kappa shape index (κ2) is 10.3. The number of allylic oxidation sites excluding steroid dienone is 1. The summed E-state index contributed by atoms with van der Waals surface area (Å²) in [7, 11) is 0. The van der Waals surface area contributed by atoms with Crippen molar-refractivity contribution in [3.05, 3.63) is 41.5 Å². The summed E-state index contributed by atoms with van der Waals surface area (Å²) < 4.78 is 13.5. The number of ether oxygens (including phenoxy) is 2. The van der Waals surface area contributed by atoms with Crippen LogP contribution < -0.4 is 16.2 Å². The first-order valence-corrected chi connectivity index (χ1v) is 15.1. The molecule has 6 unspecified atom stereocenters. The Morgan fingerprint density at radius 1 is 1.03 bits per heavy atom. The van der Waals surface area contributed by atoms with Gasteiger partial charge in [-0.15, -0.1) is 0 Å². The van der Waals surface area contributed by atoms with E-state index in [1.807, 2.05) is 0 Å². The van der Waals surface area contributed by atoms with Crippen molar-refractivity contribution in [1.82, 2.24) is 0 Å². The van der Waals surface area contributed by atoms with Gasteiger partial charge in [0, 0.05) is 17.0 Å². The van der Waals surface area contributed by atoms with Crippen molar-refractivity contribution in [1.29, 1.82) is 0 Å². The fraction of sp³-hybridized carbons (Fsp3) is 0.758. The lowest BCUT2D eigenvalue weighted by atomic mass is 9.41. The average molecular weight is 509 g/mol. The SMILES string of the molecule is CC1CC2CC3=CC(C(OCCC4CCCCC4)Oc4ccc(C(CC(C)(C)N)C(C)(C)N)cc4)(C1)C32. The molecule has 4 heteroatoms. The van der Waals surface area contributed by atoms with Gasteiger partial charge in [-0.05, 0) is 101 Å². The molecule has 4 N–H and O–H groups in total. The Labute approximate surface area is 225 Å². The molecule has 4 aliphatic rings. The lowest BCUT2D eigenvalue weighted by Gasteiger charge is -2.64. The van der Waals surface area contributed by atoms with E-state index in [-0.39, 0.29) is 28.7 Å². The minimum Gasteiger partial charge on any atom is -0.464 e. The molecule has 0 aliphatic heterocycles.